The quantitative estimate of drug-likeness (QED) is 0.847. The summed E-state index contributed by atoms with van der Waals surface area (Å²) in [5, 5.41) is 1.82. The van der Waals surface area contributed by atoms with Crippen molar-refractivity contribution in [1.82, 2.24) is 4.72 Å². The Morgan fingerprint density at radius 3 is 2.75 bits per heavy atom. The van der Waals surface area contributed by atoms with E-state index in [4.69, 9.17) is 11.6 Å². The van der Waals surface area contributed by atoms with Crippen LogP contribution in [0.25, 0.3) is 0 Å². The molecular weight excluding hydrogens is 218 g/mol. The maximum Gasteiger partial charge on any atom is 0.209 e. The monoisotopic (exact) mass is 225 g/mol. The van der Waals surface area contributed by atoms with Crippen molar-refractivity contribution in [2.24, 2.45) is 0 Å². The van der Waals surface area contributed by atoms with Crippen LogP contribution < -0.4 is 4.72 Å². The van der Waals surface area contributed by atoms with Crippen LogP contribution in [-0.4, -0.2) is 14.7 Å². The maximum absolute atomic E-state index is 10.7. The Balaban J connectivity index is 2.61. The van der Waals surface area contributed by atoms with Crippen molar-refractivity contribution in [3.8, 4) is 0 Å². The highest BCUT2D eigenvalue weighted by Gasteiger charge is 2.04. The first kappa shape index (κ1) is 9.98. The van der Waals surface area contributed by atoms with Crippen LogP contribution in [-0.2, 0) is 16.6 Å². The number of halogens is 1. The minimum atomic E-state index is -3.12. The topological polar surface area (TPSA) is 46.2 Å². The molecule has 6 heteroatoms. The molecule has 0 radical (unpaired) electrons. The van der Waals surface area contributed by atoms with Crippen LogP contribution in [0.5, 0.6) is 0 Å². The SMILES string of the molecule is CS(=O)(=O)NCc1ccsc1Cl. The number of nitrogens with one attached hydrogen (secondary N) is 1. The number of hydrogen-bond acceptors (Lipinski definition) is 3. The Hall–Kier alpha value is -0.100. The van der Waals surface area contributed by atoms with E-state index in [2.05, 4.69) is 4.72 Å². The predicted molar refractivity (Wildman–Crippen MR) is 51.0 cm³/mol. The average molecular weight is 226 g/mol. The van der Waals surface area contributed by atoms with Gasteiger partial charge < -0.3 is 0 Å². The molecule has 0 amide bonds. The van der Waals surface area contributed by atoms with Crippen molar-refractivity contribution in [2.45, 2.75) is 6.54 Å². The highest BCUT2D eigenvalue weighted by molar-refractivity contribution is 7.88. The van der Waals surface area contributed by atoms with E-state index in [-0.39, 0.29) is 6.54 Å². The smallest absolute Gasteiger partial charge is 0.209 e. The van der Waals surface area contributed by atoms with Gasteiger partial charge in [0.1, 0.15) is 0 Å². The van der Waals surface area contributed by atoms with Gasteiger partial charge in [-0.15, -0.1) is 11.3 Å². The van der Waals surface area contributed by atoms with Crippen molar-refractivity contribution in [1.29, 1.82) is 0 Å². The van der Waals surface area contributed by atoms with Gasteiger partial charge in [-0.3, -0.25) is 0 Å². The van der Waals surface area contributed by atoms with E-state index >= 15 is 0 Å². The van der Waals surface area contributed by atoms with E-state index in [9.17, 15) is 8.42 Å². The molecule has 0 aromatic carbocycles. The van der Waals surface area contributed by atoms with Gasteiger partial charge in [-0.2, -0.15) is 0 Å². The summed E-state index contributed by atoms with van der Waals surface area (Å²) in [7, 11) is -3.12. The first-order valence-corrected chi connectivity index (χ1v) is 6.30. The highest BCUT2D eigenvalue weighted by atomic mass is 35.5. The second kappa shape index (κ2) is 3.74. The molecule has 0 bridgehead atoms. The van der Waals surface area contributed by atoms with Crippen molar-refractivity contribution in [2.75, 3.05) is 6.26 Å². The van der Waals surface area contributed by atoms with Crippen LogP contribution in [0, 0.1) is 0 Å². The van der Waals surface area contributed by atoms with Gasteiger partial charge in [0.05, 0.1) is 10.6 Å². The molecule has 0 saturated heterocycles. The lowest BCUT2D eigenvalue weighted by Gasteiger charge is -1.99. The Kier molecular flexibility index (Phi) is 3.11. The summed E-state index contributed by atoms with van der Waals surface area (Å²) in [5.74, 6) is 0. The van der Waals surface area contributed by atoms with Crippen molar-refractivity contribution in [3.05, 3.63) is 21.3 Å². The molecule has 12 heavy (non-hydrogen) atoms. The van der Waals surface area contributed by atoms with Crippen LogP contribution in [0.4, 0.5) is 0 Å². The summed E-state index contributed by atoms with van der Waals surface area (Å²) in [6, 6.07) is 1.80. The van der Waals surface area contributed by atoms with Gasteiger partial charge >= 0.3 is 0 Å². The largest absolute Gasteiger partial charge is 0.213 e. The summed E-state index contributed by atoms with van der Waals surface area (Å²) in [6.45, 7) is 0.265. The van der Waals surface area contributed by atoms with Gasteiger partial charge in [0, 0.05) is 6.54 Å². The van der Waals surface area contributed by atoms with E-state index in [0.29, 0.717) is 4.34 Å². The van der Waals surface area contributed by atoms with Gasteiger partial charge in [-0.1, -0.05) is 11.6 Å². The Morgan fingerprint density at radius 1 is 1.67 bits per heavy atom. The third-order valence-electron chi connectivity index (χ3n) is 1.22. The van der Waals surface area contributed by atoms with E-state index in [0.717, 1.165) is 11.8 Å². The van der Waals surface area contributed by atoms with Crippen LogP contribution in [0.1, 0.15) is 5.56 Å². The second-order valence-electron chi connectivity index (χ2n) is 2.31. The summed E-state index contributed by atoms with van der Waals surface area (Å²) < 4.78 is 24.4. The molecule has 0 atom stereocenters. The van der Waals surface area contributed by atoms with Crippen molar-refractivity contribution < 1.29 is 8.42 Å². The summed E-state index contributed by atoms with van der Waals surface area (Å²) >= 11 is 7.14. The lowest BCUT2D eigenvalue weighted by Crippen LogP contribution is -2.20. The minimum Gasteiger partial charge on any atom is -0.213 e. The van der Waals surface area contributed by atoms with E-state index in [1.807, 2.05) is 5.38 Å². The Bertz CT molecular complexity index is 357. The van der Waals surface area contributed by atoms with Crippen LogP contribution >= 0.6 is 22.9 Å². The summed E-state index contributed by atoms with van der Waals surface area (Å²) in [5.41, 5.74) is 0.812. The molecule has 0 unspecified atom stereocenters. The Morgan fingerprint density at radius 2 is 2.33 bits per heavy atom. The molecule has 0 saturated carbocycles. The van der Waals surface area contributed by atoms with Gasteiger partial charge in [0.15, 0.2) is 0 Å². The zero-order chi connectivity index (χ0) is 9.19. The lowest BCUT2D eigenvalue weighted by atomic mass is 10.3. The molecule has 0 aliphatic carbocycles. The van der Waals surface area contributed by atoms with E-state index in [1.165, 1.54) is 11.3 Å². The first-order valence-electron chi connectivity index (χ1n) is 3.15. The van der Waals surface area contributed by atoms with Gasteiger partial charge in [-0.25, -0.2) is 13.1 Å². The molecular formula is C6H8ClNO2S2. The van der Waals surface area contributed by atoms with Crippen molar-refractivity contribution in [3.63, 3.8) is 0 Å². The minimum absolute atomic E-state index is 0.265. The molecule has 0 spiro atoms. The van der Waals surface area contributed by atoms with Crippen LogP contribution in [0.2, 0.25) is 4.34 Å². The molecule has 1 heterocycles. The second-order valence-corrected chi connectivity index (χ2v) is 5.66. The molecule has 68 valence electrons. The highest BCUT2D eigenvalue weighted by Crippen LogP contribution is 2.22. The molecule has 1 N–H and O–H groups in total. The molecule has 3 nitrogen and oxygen atoms in total. The third kappa shape index (κ3) is 3.10. The summed E-state index contributed by atoms with van der Waals surface area (Å²) in [4.78, 5) is 0. The lowest BCUT2D eigenvalue weighted by molar-refractivity contribution is 0.587. The van der Waals surface area contributed by atoms with Crippen LogP contribution in [0.15, 0.2) is 11.4 Å². The third-order valence-corrected chi connectivity index (χ3v) is 3.14. The van der Waals surface area contributed by atoms with E-state index < -0.39 is 10.0 Å². The normalized spacial score (nSPS) is 11.8. The van der Waals surface area contributed by atoms with Gasteiger partial charge in [-0.05, 0) is 17.0 Å². The number of sulfonamides is 1. The molecule has 0 aliphatic heterocycles. The molecule has 0 aliphatic rings. The first-order chi connectivity index (χ1) is 5.49. The van der Waals surface area contributed by atoms with Gasteiger partial charge in [0.2, 0.25) is 10.0 Å². The van der Waals surface area contributed by atoms with Crippen LogP contribution in [0.3, 0.4) is 0 Å². The average Bonchev–Trinajstić information content (AvgIpc) is 2.29. The predicted octanol–water partition coefficient (Wildman–Crippen LogP) is 1.45. The fourth-order valence-electron chi connectivity index (χ4n) is 0.654. The number of hydrogen-bond donors (Lipinski definition) is 1. The molecule has 1 aromatic rings. The Labute approximate surface area is 80.4 Å². The molecule has 0 fully saturated rings. The zero-order valence-corrected chi connectivity index (χ0v) is 8.76. The molecule has 1 rings (SSSR count). The summed E-state index contributed by atoms with van der Waals surface area (Å²) in [6.07, 6.45) is 1.12. The maximum atomic E-state index is 10.7. The fraction of sp³-hybridized carbons (Fsp3) is 0.333. The number of rotatable bonds is 3. The van der Waals surface area contributed by atoms with Crippen molar-refractivity contribution >= 4 is 33.0 Å². The standard InChI is InChI=1S/C6H8ClNO2S2/c1-12(9,10)8-4-5-2-3-11-6(5)7/h2-3,8H,4H2,1H3. The number of thiophene rings is 1. The zero-order valence-electron chi connectivity index (χ0n) is 6.37. The fourth-order valence-corrected chi connectivity index (χ4v) is 2.00. The molecule has 1 aromatic heterocycles. The van der Waals surface area contributed by atoms with Gasteiger partial charge in [0.25, 0.3) is 0 Å². The van der Waals surface area contributed by atoms with E-state index in [1.54, 1.807) is 6.07 Å².